The molecule has 6 atom stereocenters. The van der Waals surface area contributed by atoms with E-state index in [2.05, 4.69) is 40.7 Å². The first-order chi connectivity index (χ1) is 12.6. The molecule has 0 radical (unpaired) electrons. The van der Waals surface area contributed by atoms with Gasteiger partial charge in [-0.05, 0) is 50.4 Å². The summed E-state index contributed by atoms with van der Waals surface area (Å²) < 4.78 is 6.49. The second-order valence-corrected chi connectivity index (χ2v) is 10.2. The van der Waals surface area contributed by atoms with Crippen molar-refractivity contribution in [3.8, 4) is 0 Å². The van der Waals surface area contributed by atoms with Crippen molar-refractivity contribution in [1.82, 2.24) is 0 Å². The fourth-order valence-corrected chi connectivity index (χ4v) is 4.82. The van der Waals surface area contributed by atoms with Crippen LogP contribution in [0.15, 0.2) is 12.2 Å². The lowest BCUT2D eigenvalue weighted by Crippen LogP contribution is -2.53. The van der Waals surface area contributed by atoms with Crippen LogP contribution < -0.4 is 0 Å². The van der Waals surface area contributed by atoms with E-state index >= 15 is 0 Å². The molecule has 1 aliphatic heterocycles. The molecular formula is C23H40O4. The van der Waals surface area contributed by atoms with E-state index in [1.807, 2.05) is 6.08 Å². The van der Waals surface area contributed by atoms with Gasteiger partial charge in [0.1, 0.15) is 0 Å². The minimum Gasteiger partial charge on any atom is -0.481 e. The number of carboxylic acids is 1. The van der Waals surface area contributed by atoms with Gasteiger partial charge in [-0.15, -0.1) is 0 Å². The molecule has 156 valence electrons. The highest BCUT2D eigenvalue weighted by Gasteiger charge is 2.49. The molecule has 0 spiro atoms. The number of aliphatic hydroxyl groups is 1. The van der Waals surface area contributed by atoms with Gasteiger partial charge >= 0.3 is 5.97 Å². The Morgan fingerprint density at radius 3 is 2.56 bits per heavy atom. The first-order valence-corrected chi connectivity index (χ1v) is 10.8. The standard InChI is InChI=1S/C23H40O4/c1-6-7-8-10-16-15-18-17(20(24)19(16)21(25)26)11-14-23(5,27-18)13-9-12-22(2,3)4/h11,14,16-20,24H,6-10,12-13,15H2,1-5H3,(H,25,26). The van der Waals surface area contributed by atoms with Gasteiger partial charge < -0.3 is 14.9 Å². The summed E-state index contributed by atoms with van der Waals surface area (Å²) in [5, 5.41) is 20.5. The number of ether oxygens (including phenoxy) is 1. The fourth-order valence-electron chi connectivity index (χ4n) is 4.82. The Labute approximate surface area is 165 Å². The van der Waals surface area contributed by atoms with Crippen molar-refractivity contribution in [3.05, 3.63) is 12.2 Å². The first kappa shape index (κ1) is 22.4. The summed E-state index contributed by atoms with van der Waals surface area (Å²) >= 11 is 0. The largest absolute Gasteiger partial charge is 0.481 e. The molecule has 0 aromatic carbocycles. The van der Waals surface area contributed by atoms with Crippen molar-refractivity contribution in [3.63, 3.8) is 0 Å². The molecule has 0 bridgehead atoms. The van der Waals surface area contributed by atoms with E-state index < -0.39 is 18.0 Å². The van der Waals surface area contributed by atoms with Gasteiger partial charge in [-0.1, -0.05) is 59.1 Å². The maximum Gasteiger partial charge on any atom is 0.309 e. The Kier molecular flexibility index (Phi) is 7.54. The zero-order chi connectivity index (χ0) is 20.2. The van der Waals surface area contributed by atoms with E-state index in [9.17, 15) is 15.0 Å². The van der Waals surface area contributed by atoms with Crippen LogP contribution in [0.1, 0.15) is 86.0 Å². The van der Waals surface area contributed by atoms with E-state index in [0.29, 0.717) is 5.41 Å². The summed E-state index contributed by atoms with van der Waals surface area (Å²) in [6.07, 6.45) is 11.2. The highest BCUT2D eigenvalue weighted by Crippen LogP contribution is 2.44. The van der Waals surface area contributed by atoms with Crippen LogP contribution in [0.3, 0.4) is 0 Å². The van der Waals surface area contributed by atoms with Gasteiger partial charge in [-0.3, -0.25) is 4.79 Å². The highest BCUT2D eigenvalue weighted by atomic mass is 16.5. The average molecular weight is 381 g/mol. The summed E-state index contributed by atoms with van der Waals surface area (Å²) in [6.45, 7) is 11.1. The molecule has 0 saturated heterocycles. The second-order valence-electron chi connectivity index (χ2n) is 10.2. The van der Waals surface area contributed by atoms with Crippen LogP contribution in [0.5, 0.6) is 0 Å². The molecule has 4 nitrogen and oxygen atoms in total. The van der Waals surface area contributed by atoms with E-state index in [1.165, 1.54) is 0 Å². The number of aliphatic carboxylic acids is 1. The van der Waals surface area contributed by atoms with Crippen LogP contribution >= 0.6 is 0 Å². The summed E-state index contributed by atoms with van der Waals surface area (Å²) in [4.78, 5) is 11.8. The number of aliphatic hydroxyl groups excluding tert-OH is 1. The smallest absolute Gasteiger partial charge is 0.309 e. The van der Waals surface area contributed by atoms with Crippen molar-refractivity contribution in [2.45, 2.75) is 104 Å². The van der Waals surface area contributed by atoms with Gasteiger partial charge in [0.2, 0.25) is 0 Å². The SMILES string of the molecule is CCCCCC1CC2OC(C)(CCCC(C)(C)C)C=CC2C(O)C1C(=O)O. The molecular weight excluding hydrogens is 340 g/mol. The number of hydrogen-bond acceptors (Lipinski definition) is 3. The Bertz CT molecular complexity index is 521. The number of carboxylic acid groups (broad SMARTS) is 1. The van der Waals surface area contributed by atoms with Crippen molar-refractivity contribution >= 4 is 5.97 Å². The molecule has 1 fully saturated rings. The Morgan fingerprint density at radius 1 is 1.26 bits per heavy atom. The molecule has 0 aromatic rings. The van der Waals surface area contributed by atoms with Gasteiger partial charge in [0.15, 0.2) is 0 Å². The third-order valence-electron chi connectivity index (χ3n) is 6.39. The van der Waals surface area contributed by atoms with E-state index in [1.54, 1.807) is 0 Å². The molecule has 1 heterocycles. The van der Waals surface area contributed by atoms with E-state index in [0.717, 1.165) is 51.4 Å². The van der Waals surface area contributed by atoms with Crippen LogP contribution in [0, 0.1) is 23.2 Å². The van der Waals surface area contributed by atoms with Gasteiger partial charge in [-0.25, -0.2) is 0 Å². The third-order valence-corrected chi connectivity index (χ3v) is 6.39. The van der Waals surface area contributed by atoms with E-state index in [-0.39, 0.29) is 23.5 Å². The monoisotopic (exact) mass is 380 g/mol. The van der Waals surface area contributed by atoms with Crippen molar-refractivity contribution in [1.29, 1.82) is 0 Å². The number of unbranched alkanes of at least 4 members (excludes halogenated alkanes) is 2. The summed E-state index contributed by atoms with van der Waals surface area (Å²) in [5.41, 5.74) is 0.00750. The van der Waals surface area contributed by atoms with Crippen LogP contribution in [0.4, 0.5) is 0 Å². The molecule has 2 aliphatic rings. The lowest BCUT2D eigenvalue weighted by Gasteiger charge is -2.48. The normalized spacial score (nSPS) is 36.4. The van der Waals surface area contributed by atoms with Gasteiger partial charge in [0, 0.05) is 5.92 Å². The topological polar surface area (TPSA) is 66.8 Å². The average Bonchev–Trinajstić information content (AvgIpc) is 2.53. The number of fused-ring (bicyclic) bond motifs is 1. The number of hydrogen-bond donors (Lipinski definition) is 2. The van der Waals surface area contributed by atoms with Gasteiger partial charge in [0.25, 0.3) is 0 Å². The van der Waals surface area contributed by atoms with Crippen LogP contribution in [0.25, 0.3) is 0 Å². The third kappa shape index (κ3) is 6.05. The van der Waals surface area contributed by atoms with E-state index in [4.69, 9.17) is 4.74 Å². The Hall–Kier alpha value is -0.870. The number of carbonyl (C=O) groups is 1. The lowest BCUT2D eigenvalue weighted by atomic mass is 9.67. The summed E-state index contributed by atoms with van der Waals surface area (Å²) in [5.74, 6) is -1.75. The Morgan fingerprint density at radius 2 is 1.96 bits per heavy atom. The van der Waals surface area contributed by atoms with Gasteiger partial charge in [-0.2, -0.15) is 0 Å². The van der Waals surface area contributed by atoms with Crippen molar-refractivity contribution in [2.24, 2.45) is 23.2 Å². The molecule has 1 aliphatic carbocycles. The molecule has 0 aromatic heterocycles. The minimum absolute atomic E-state index is 0.00405. The first-order valence-electron chi connectivity index (χ1n) is 10.8. The zero-order valence-electron chi connectivity index (χ0n) is 17.9. The molecule has 27 heavy (non-hydrogen) atoms. The summed E-state index contributed by atoms with van der Waals surface area (Å²) in [7, 11) is 0. The predicted molar refractivity (Wildman–Crippen MR) is 109 cm³/mol. The fraction of sp³-hybridized carbons (Fsp3) is 0.870. The zero-order valence-corrected chi connectivity index (χ0v) is 17.9. The quantitative estimate of drug-likeness (QED) is 0.449. The minimum atomic E-state index is -0.866. The maximum atomic E-state index is 11.8. The predicted octanol–water partition coefficient (Wildman–Crippen LogP) is 5.19. The molecule has 6 unspecified atom stereocenters. The van der Waals surface area contributed by atoms with Gasteiger partial charge in [0.05, 0.1) is 23.7 Å². The van der Waals surface area contributed by atoms with Crippen molar-refractivity contribution < 1.29 is 19.7 Å². The summed E-state index contributed by atoms with van der Waals surface area (Å²) in [6, 6.07) is 0. The highest BCUT2D eigenvalue weighted by molar-refractivity contribution is 5.71. The van der Waals surface area contributed by atoms with Crippen LogP contribution in [-0.4, -0.2) is 34.0 Å². The molecule has 2 rings (SSSR count). The Balaban J connectivity index is 2.07. The molecule has 1 saturated carbocycles. The maximum absolute atomic E-state index is 11.8. The lowest BCUT2D eigenvalue weighted by molar-refractivity contribution is -0.173. The molecule has 4 heteroatoms. The number of rotatable bonds is 8. The second kappa shape index (κ2) is 9.09. The van der Waals surface area contributed by atoms with Crippen LogP contribution in [-0.2, 0) is 9.53 Å². The molecule has 0 amide bonds. The molecule has 2 N–H and O–H groups in total. The van der Waals surface area contributed by atoms with Crippen LogP contribution in [0.2, 0.25) is 0 Å². The van der Waals surface area contributed by atoms with Crippen molar-refractivity contribution in [2.75, 3.05) is 0 Å².